The number of halogens is 1. The molecule has 2 N–H and O–H groups in total. The molecule has 0 atom stereocenters. The monoisotopic (exact) mass is 385 g/mol. The number of morpholine rings is 1. The van der Waals surface area contributed by atoms with Crippen molar-refractivity contribution in [2.24, 2.45) is 0 Å². The summed E-state index contributed by atoms with van der Waals surface area (Å²) < 4.78 is 22.2. The molecule has 0 aliphatic carbocycles. The molecule has 146 valence electrons. The maximum absolute atomic E-state index is 15.1. The van der Waals surface area contributed by atoms with Gasteiger partial charge in [-0.2, -0.15) is 5.10 Å². The zero-order valence-corrected chi connectivity index (χ0v) is 15.4. The SMILES string of the molecule is Cc1c(CNC(=O)O)ccc(-c2ncnn3cc(N4CCOCC4)cc23)c1F. The van der Waals surface area contributed by atoms with Crippen molar-refractivity contribution >= 4 is 17.3 Å². The smallest absolute Gasteiger partial charge is 0.404 e. The molecule has 28 heavy (non-hydrogen) atoms. The van der Waals surface area contributed by atoms with E-state index in [-0.39, 0.29) is 6.54 Å². The second-order valence-electron chi connectivity index (χ2n) is 6.61. The zero-order valence-electron chi connectivity index (χ0n) is 15.4. The van der Waals surface area contributed by atoms with Crippen LogP contribution in [0.1, 0.15) is 11.1 Å². The van der Waals surface area contributed by atoms with Crippen LogP contribution in [-0.4, -0.2) is 52.1 Å². The number of rotatable bonds is 4. The van der Waals surface area contributed by atoms with Gasteiger partial charge in [0.2, 0.25) is 0 Å². The fourth-order valence-electron chi connectivity index (χ4n) is 3.39. The highest BCUT2D eigenvalue weighted by molar-refractivity contribution is 5.80. The van der Waals surface area contributed by atoms with E-state index in [1.165, 1.54) is 6.33 Å². The zero-order chi connectivity index (χ0) is 19.7. The molecule has 2 aromatic heterocycles. The summed E-state index contributed by atoms with van der Waals surface area (Å²) in [5.41, 5.74) is 3.52. The first-order valence-corrected chi connectivity index (χ1v) is 8.96. The molecule has 1 amide bonds. The topological polar surface area (TPSA) is 92.0 Å². The van der Waals surface area contributed by atoms with Crippen LogP contribution in [0.25, 0.3) is 16.8 Å². The summed E-state index contributed by atoms with van der Waals surface area (Å²) in [6, 6.07) is 5.30. The summed E-state index contributed by atoms with van der Waals surface area (Å²) >= 11 is 0. The fraction of sp³-hybridized carbons (Fsp3) is 0.316. The summed E-state index contributed by atoms with van der Waals surface area (Å²) in [5, 5.41) is 15.3. The van der Waals surface area contributed by atoms with Gasteiger partial charge in [-0.3, -0.25) is 0 Å². The molecule has 1 saturated heterocycles. The van der Waals surface area contributed by atoms with E-state index in [1.807, 2.05) is 12.3 Å². The Hall–Kier alpha value is -3.20. The predicted molar refractivity (Wildman–Crippen MR) is 101 cm³/mol. The number of aromatic nitrogens is 3. The number of carboxylic acid groups (broad SMARTS) is 1. The van der Waals surface area contributed by atoms with Crippen molar-refractivity contribution in [3.63, 3.8) is 0 Å². The summed E-state index contributed by atoms with van der Waals surface area (Å²) in [7, 11) is 0. The first-order valence-electron chi connectivity index (χ1n) is 8.96. The van der Waals surface area contributed by atoms with Crippen molar-refractivity contribution in [1.82, 2.24) is 19.9 Å². The van der Waals surface area contributed by atoms with Gasteiger partial charge in [0, 0.05) is 25.2 Å². The third-order valence-electron chi connectivity index (χ3n) is 4.95. The molecule has 0 unspecified atom stereocenters. The lowest BCUT2D eigenvalue weighted by Crippen LogP contribution is -2.35. The van der Waals surface area contributed by atoms with Crippen LogP contribution in [0.15, 0.2) is 30.7 Å². The van der Waals surface area contributed by atoms with Crippen LogP contribution < -0.4 is 10.2 Å². The standard InChI is InChI=1S/C19H20FN5O3/c1-12-13(9-21-19(26)27)2-3-15(17(12)20)18-16-8-14(10-25(16)23-11-22-18)24-4-6-28-7-5-24/h2-3,8,10-11,21H,4-7,9H2,1H3,(H,26,27). The minimum absolute atomic E-state index is 0.0455. The van der Waals surface area contributed by atoms with E-state index in [2.05, 4.69) is 20.3 Å². The van der Waals surface area contributed by atoms with Gasteiger partial charge in [-0.25, -0.2) is 18.7 Å². The molecular weight excluding hydrogens is 365 g/mol. The van der Waals surface area contributed by atoms with Gasteiger partial charge in [0.15, 0.2) is 0 Å². The van der Waals surface area contributed by atoms with Gasteiger partial charge >= 0.3 is 6.09 Å². The molecular formula is C19H20FN5O3. The Morgan fingerprint density at radius 2 is 2.14 bits per heavy atom. The van der Waals surface area contributed by atoms with Crippen molar-refractivity contribution in [1.29, 1.82) is 0 Å². The lowest BCUT2D eigenvalue weighted by molar-refractivity contribution is 0.122. The van der Waals surface area contributed by atoms with Gasteiger partial charge in [0.25, 0.3) is 0 Å². The highest BCUT2D eigenvalue weighted by Crippen LogP contribution is 2.31. The van der Waals surface area contributed by atoms with E-state index < -0.39 is 11.9 Å². The number of hydrogen-bond donors (Lipinski definition) is 2. The van der Waals surface area contributed by atoms with Crippen molar-refractivity contribution in [3.05, 3.63) is 47.7 Å². The van der Waals surface area contributed by atoms with E-state index in [0.717, 1.165) is 18.8 Å². The Balaban J connectivity index is 1.73. The second kappa shape index (κ2) is 7.43. The number of carbonyl (C=O) groups is 1. The largest absolute Gasteiger partial charge is 0.465 e. The maximum atomic E-state index is 15.1. The highest BCUT2D eigenvalue weighted by atomic mass is 19.1. The number of benzene rings is 1. The van der Waals surface area contributed by atoms with E-state index in [0.29, 0.717) is 41.1 Å². The number of hydrogen-bond acceptors (Lipinski definition) is 5. The summed E-state index contributed by atoms with van der Waals surface area (Å²) in [6.07, 6.45) is 2.16. The Kier molecular flexibility index (Phi) is 4.82. The average molecular weight is 385 g/mol. The predicted octanol–water partition coefficient (Wildman–Crippen LogP) is 2.45. The molecule has 4 rings (SSSR count). The average Bonchev–Trinajstić information content (AvgIpc) is 3.14. The number of nitrogens with one attached hydrogen (secondary N) is 1. The third-order valence-corrected chi connectivity index (χ3v) is 4.95. The number of ether oxygens (including phenoxy) is 1. The molecule has 3 heterocycles. The Morgan fingerprint density at radius 1 is 1.36 bits per heavy atom. The van der Waals surface area contributed by atoms with Crippen LogP contribution in [0.4, 0.5) is 14.9 Å². The molecule has 1 aromatic carbocycles. The lowest BCUT2D eigenvalue weighted by atomic mass is 10.0. The van der Waals surface area contributed by atoms with Crippen LogP contribution in [0.2, 0.25) is 0 Å². The van der Waals surface area contributed by atoms with E-state index in [9.17, 15) is 4.79 Å². The van der Waals surface area contributed by atoms with Crippen LogP contribution in [0.3, 0.4) is 0 Å². The Bertz CT molecular complexity index is 1030. The highest BCUT2D eigenvalue weighted by Gasteiger charge is 2.19. The van der Waals surface area contributed by atoms with Gasteiger partial charge in [-0.15, -0.1) is 0 Å². The second-order valence-corrected chi connectivity index (χ2v) is 6.61. The number of fused-ring (bicyclic) bond motifs is 1. The van der Waals surface area contributed by atoms with Crippen molar-refractivity contribution in [3.8, 4) is 11.3 Å². The van der Waals surface area contributed by atoms with Crippen LogP contribution in [0, 0.1) is 12.7 Å². The Labute approximate surface area is 160 Å². The summed E-state index contributed by atoms with van der Waals surface area (Å²) in [6.45, 7) is 4.60. The van der Waals surface area contributed by atoms with Crippen LogP contribution in [0.5, 0.6) is 0 Å². The molecule has 3 aromatic rings. The van der Waals surface area contributed by atoms with Crippen molar-refractivity contribution in [2.75, 3.05) is 31.2 Å². The minimum Gasteiger partial charge on any atom is -0.465 e. The molecule has 0 saturated carbocycles. The first kappa shape index (κ1) is 18.2. The van der Waals surface area contributed by atoms with Gasteiger partial charge in [-0.05, 0) is 30.2 Å². The minimum atomic E-state index is -1.15. The molecule has 9 heteroatoms. The Morgan fingerprint density at radius 3 is 2.89 bits per heavy atom. The lowest BCUT2D eigenvalue weighted by Gasteiger charge is -2.27. The van der Waals surface area contributed by atoms with E-state index in [1.54, 1.807) is 23.6 Å². The first-order chi connectivity index (χ1) is 13.5. The van der Waals surface area contributed by atoms with Crippen LogP contribution in [-0.2, 0) is 11.3 Å². The third kappa shape index (κ3) is 3.36. The fourth-order valence-corrected chi connectivity index (χ4v) is 3.39. The molecule has 1 aliphatic rings. The molecule has 8 nitrogen and oxygen atoms in total. The van der Waals surface area contributed by atoms with E-state index >= 15 is 4.39 Å². The molecule has 0 bridgehead atoms. The van der Waals surface area contributed by atoms with Gasteiger partial charge in [0.05, 0.1) is 30.6 Å². The normalized spacial score (nSPS) is 14.4. The van der Waals surface area contributed by atoms with Gasteiger partial charge in [0.1, 0.15) is 17.8 Å². The van der Waals surface area contributed by atoms with E-state index in [4.69, 9.17) is 9.84 Å². The quantitative estimate of drug-likeness (QED) is 0.717. The summed E-state index contributed by atoms with van der Waals surface area (Å²) in [5.74, 6) is -0.417. The number of nitrogens with zero attached hydrogens (tertiary/aromatic N) is 4. The molecule has 0 spiro atoms. The van der Waals surface area contributed by atoms with Gasteiger partial charge < -0.3 is 20.1 Å². The summed E-state index contributed by atoms with van der Waals surface area (Å²) in [4.78, 5) is 17.2. The molecule has 1 aliphatic heterocycles. The number of anilines is 1. The van der Waals surface area contributed by atoms with Crippen molar-refractivity contribution < 1.29 is 19.0 Å². The molecule has 1 fully saturated rings. The molecule has 0 radical (unpaired) electrons. The van der Waals surface area contributed by atoms with Gasteiger partial charge in [-0.1, -0.05) is 6.07 Å². The van der Waals surface area contributed by atoms with Crippen LogP contribution >= 0.6 is 0 Å². The maximum Gasteiger partial charge on any atom is 0.404 e. The number of amides is 1. The van der Waals surface area contributed by atoms with Crippen molar-refractivity contribution in [2.45, 2.75) is 13.5 Å².